The molecule has 3 rings (SSSR count). The van der Waals surface area contributed by atoms with Crippen molar-refractivity contribution in [2.45, 2.75) is 24.5 Å². The molecule has 1 aliphatic heterocycles. The summed E-state index contributed by atoms with van der Waals surface area (Å²) in [5.74, 6) is 2.46. The van der Waals surface area contributed by atoms with Crippen LogP contribution < -0.4 is 5.73 Å². The van der Waals surface area contributed by atoms with Gasteiger partial charge in [0.15, 0.2) is 17.7 Å². The van der Waals surface area contributed by atoms with Crippen LogP contribution in [0.15, 0.2) is 6.33 Å². The molecule has 110 valence electrons. The highest BCUT2D eigenvalue weighted by Crippen LogP contribution is 2.31. The van der Waals surface area contributed by atoms with Gasteiger partial charge in [-0.05, 0) is 5.92 Å². The summed E-state index contributed by atoms with van der Waals surface area (Å²) in [6.07, 6.45) is 2.30. The van der Waals surface area contributed by atoms with Gasteiger partial charge in [0.25, 0.3) is 0 Å². The lowest BCUT2D eigenvalue weighted by molar-refractivity contribution is -0.0511. The molecule has 0 aliphatic carbocycles. The highest BCUT2D eigenvalue weighted by atomic mass is 16.6. The Hall–Kier alpha value is -2.25. The van der Waals surface area contributed by atoms with Crippen molar-refractivity contribution in [1.82, 2.24) is 19.5 Å². The van der Waals surface area contributed by atoms with Gasteiger partial charge in [-0.2, -0.15) is 0 Å². The predicted molar refractivity (Wildman–Crippen MR) is 70.7 cm³/mol. The van der Waals surface area contributed by atoms with Gasteiger partial charge in [-0.25, -0.2) is 15.0 Å². The third kappa shape index (κ3) is 2.01. The van der Waals surface area contributed by atoms with E-state index in [4.69, 9.17) is 22.0 Å². The lowest BCUT2D eigenvalue weighted by atomic mass is 10.1. The summed E-state index contributed by atoms with van der Waals surface area (Å²) in [6.45, 7) is -0.423. The molecule has 5 N–H and O–H groups in total. The number of ether oxygens (including phenoxy) is 1. The molecule has 3 heterocycles. The van der Waals surface area contributed by atoms with Crippen molar-refractivity contribution in [1.29, 1.82) is 0 Å². The molecule has 0 aromatic carbocycles. The monoisotopic (exact) mass is 291 g/mol. The van der Waals surface area contributed by atoms with Gasteiger partial charge >= 0.3 is 0 Å². The van der Waals surface area contributed by atoms with E-state index in [1.807, 2.05) is 0 Å². The lowest BCUT2D eigenvalue weighted by Crippen LogP contribution is -2.33. The second-order valence-electron chi connectivity index (χ2n) is 4.63. The number of imidazole rings is 1. The zero-order valence-electron chi connectivity index (χ0n) is 10.8. The molecular formula is C12H13N5O4. The van der Waals surface area contributed by atoms with E-state index in [0.29, 0.717) is 5.52 Å². The molecule has 1 aliphatic rings. The van der Waals surface area contributed by atoms with Crippen LogP contribution in [-0.4, -0.2) is 59.8 Å². The van der Waals surface area contributed by atoms with E-state index >= 15 is 0 Å². The highest BCUT2D eigenvalue weighted by molar-refractivity contribution is 5.82. The second-order valence-corrected chi connectivity index (χ2v) is 4.63. The van der Waals surface area contributed by atoms with Gasteiger partial charge in [-0.1, -0.05) is 0 Å². The number of nitrogens with zero attached hydrogens (tertiary/aromatic N) is 4. The molecular weight excluding hydrogens is 278 g/mol. The normalized spacial score (nSPS) is 28.9. The average Bonchev–Trinajstić information content (AvgIpc) is 3.02. The van der Waals surface area contributed by atoms with Crippen molar-refractivity contribution in [2.75, 3.05) is 12.3 Å². The Morgan fingerprint density at radius 2 is 2.14 bits per heavy atom. The SMILES string of the molecule is C#Cc1nc(N)c2ncn([C@@H]3O[C@H](CO)C(O)C3O)c2n1. The Bertz CT molecular complexity index is 724. The van der Waals surface area contributed by atoms with E-state index in [1.54, 1.807) is 0 Å². The third-order valence-electron chi connectivity index (χ3n) is 3.37. The average molecular weight is 291 g/mol. The van der Waals surface area contributed by atoms with E-state index in [2.05, 4.69) is 20.9 Å². The second kappa shape index (κ2) is 4.94. The maximum absolute atomic E-state index is 10.0. The van der Waals surface area contributed by atoms with Gasteiger partial charge in [-0.3, -0.25) is 4.57 Å². The first-order valence-electron chi connectivity index (χ1n) is 6.16. The van der Waals surface area contributed by atoms with Gasteiger partial charge in [0.1, 0.15) is 23.8 Å². The van der Waals surface area contributed by atoms with Gasteiger partial charge < -0.3 is 25.8 Å². The van der Waals surface area contributed by atoms with E-state index < -0.39 is 31.1 Å². The number of aliphatic hydroxyl groups is 3. The number of fused-ring (bicyclic) bond motifs is 1. The zero-order valence-corrected chi connectivity index (χ0v) is 10.8. The zero-order chi connectivity index (χ0) is 15.1. The molecule has 1 saturated heterocycles. The minimum Gasteiger partial charge on any atom is -0.394 e. The molecule has 0 amide bonds. The first-order valence-corrected chi connectivity index (χ1v) is 6.16. The van der Waals surface area contributed by atoms with Crippen LogP contribution in [0.3, 0.4) is 0 Å². The summed E-state index contributed by atoms with van der Waals surface area (Å²) in [7, 11) is 0. The summed E-state index contributed by atoms with van der Waals surface area (Å²) < 4.78 is 6.82. The number of rotatable bonds is 2. The standard InChI is InChI=1S/C12H13N5O4/c1-2-6-15-10(13)7-11(16-6)17(4-14-7)12-9(20)8(19)5(3-18)21-12/h1,4-5,8-9,12,18-20H,3H2,(H2,13,15,16)/t5-,8?,9?,12-/m1/s1. The fraction of sp³-hybridized carbons (Fsp3) is 0.417. The first kappa shape index (κ1) is 13.7. The summed E-state index contributed by atoms with van der Waals surface area (Å²) in [4.78, 5) is 12.1. The van der Waals surface area contributed by atoms with Crippen molar-refractivity contribution in [3.05, 3.63) is 12.2 Å². The molecule has 9 heteroatoms. The van der Waals surface area contributed by atoms with Gasteiger partial charge in [0, 0.05) is 0 Å². The Labute approximate surface area is 119 Å². The molecule has 0 radical (unpaired) electrons. The number of aliphatic hydroxyl groups excluding tert-OH is 3. The molecule has 2 aromatic rings. The van der Waals surface area contributed by atoms with E-state index in [9.17, 15) is 10.2 Å². The number of terminal acetylenes is 1. The van der Waals surface area contributed by atoms with Crippen LogP contribution in [-0.2, 0) is 4.74 Å². The number of nitrogen functional groups attached to an aromatic ring is 1. The van der Waals surface area contributed by atoms with Crippen molar-refractivity contribution >= 4 is 17.0 Å². The molecule has 0 saturated carbocycles. The maximum atomic E-state index is 10.0. The number of hydrogen-bond acceptors (Lipinski definition) is 8. The van der Waals surface area contributed by atoms with Crippen LogP contribution in [0.2, 0.25) is 0 Å². The summed E-state index contributed by atoms with van der Waals surface area (Å²) in [5.41, 5.74) is 6.34. The van der Waals surface area contributed by atoms with Crippen LogP contribution in [0.5, 0.6) is 0 Å². The van der Waals surface area contributed by atoms with Crippen LogP contribution in [0, 0.1) is 12.3 Å². The molecule has 21 heavy (non-hydrogen) atoms. The van der Waals surface area contributed by atoms with E-state index in [0.717, 1.165) is 0 Å². The van der Waals surface area contributed by atoms with Crippen LogP contribution in [0.4, 0.5) is 5.82 Å². The fourth-order valence-corrected chi connectivity index (χ4v) is 2.30. The Morgan fingerprint density at radius 3 is 2.76 bits per heavy atom. The Balaban J connectivity index is 2.10. The van der Waals surface area contributed by atoms with Gasteiger partial charge in [0.2, 0.25) is 5.82 Å². The molecule has 2 unspecified atom stereocenters. The molecule has 1 fully saturated rings. The quantitative estimate of drug-likeness (QED) is 0.466. The van der Waals surface area contributed by atoms with Crippen molar-refractivity contribution in [2.24, 2.45) is 0 Å². The van der Waals surface area contributed by atoms with Crippen LogP contribution >= 0.6 is 0 Å². The Kier molecular flexibility index (Phi) is 3.23. The van der Waals surface area contributed by atoms with Crippen molar-refractivity contribution in [3.8, 4) is 12.3 Å². The van der Waals surface area contributed by atoms with Gasteiger partial charge in [0.05, 0.1) is 12.9 Å². The van der Waals surface area contributed by atoms with E-state index in [-0.39, 0.29) is 17.3 Å². The van der Waals surface area contributed by atoms with Gasteiger partial charge in [-0.15, -0.1) is 6.42 Å². The minimum atomic E-state index is -1.25. The highest BCUT2D eigenvalue weighted by Gasteiger charge is 2.44. The number of anilines is 1. The first-order chi connectivity index (χ1) is 10.1. The smallest absolute Gasteiger partial charge is 0.208 e. The lowest BCUT2D eigenvalue weighted by Gasteiger charge is -2.16. The fourth-order valence-electron chi connectivity index (χ4n) is 2.30. The number of hydrogen-bond donors (Lipinski definition) is 4. The van der Waals surface area contributed by atoms with E-state index in [1.165, 1.54) is 10.9 Å². The Morgan fingerprint density at radius 1 is 1.38 bits per heavy atom. The number of nitrogens with two attached hydrogens (primary N) is 1. The van der Waals surface area contributed by atoms with Crippen molar-refractivity contribution < 1.29 is 20.1 Å². The summed E-state index contributed by atoms with van der Waals surface area (Å²) in [6, 6.07) is 0. The van der Waals surface area contributed by atoms with Crippen LogP contribution in [0.25, 0.3) is 11.2 Å². The van der Waals surface area contributed by atoms with Crippen molar-refractivity contribution in [3.63, 3.8) is 0 Å². The molecule has 2 aromatic heterocycles. The topological polar surface area (TPSA) is 140 Å². The predicted octanol–water partition coefficient (Wildman–Crippen LogP) is -2.00. The van der Waals surface area contributed by atoms with Crippen LogP contribution in [0.1, 0.15) is 12.1 Å². The molecule has 4 atom stereocenters. The number of aromatic nitrogens is 4. The largest absolute Gasteiger partial charge is 0.394 e. The molecule has 0 spiro atoms. The molecule has 0 bridgehead atoms. The maximum Gasteiger partial charge on any atom is 0.208 e. The minimum absolute atomic E-state index is 0.0773. The summed E-state index contributed by atoms with van der Waals surface area (Å²) >= 11 is 0. The summed E-state index contributed by atoms with van der Waals surface area (Å²) in [5, 5.41) is 28.9. The molecule has 9 nitrogen and oxygen atoms in total. The third-order valence-corrected chi connectivity index (χ3v) is 3.37.